The maximum atomic E-state index is 12.8. The molecular weight excluding hydrogens is 444 g/mol. The van der Waals surface area contributed by atoms with Crippen molar-refractivity contribution in [3.05, 3.63) is 76.5 Å². The first-order valence-corrected chi connectivity index (χ1v) is 12.2. The van der Waals surface area contributed by atoms with Gasteiger partial charge in [-0.1, -0.05) is 30.3 Å². The molecule has 0 saturated heterocycles. The Balaban J connectivity index is 1.38. The molecule has 10 heteroatoms. The van der Waals surface area contributed by atoms with Crippen LogP contribution in [0.5, 0.6) is 0 Å². The molecular formula is C23H20N4O5S. The number of carbonyl (C=O) groups excluding carboxylic acids is 3. The van der Waals surface area contributed by atoms with E-state index >= 15 is 0 Å². The first kappa shape index (κ1) is 21.1. The van der Waals surface area contributed by atoms with Gasteiger partial charge in [0.1, 0.15) is 5.82 Å². The molecule has 3 amide bonds. The molecule has 0 aliphatic carbocycles. The SMILES string of the molecule is Cc1ccccc1-n1nc2c(c1NC(=O)CCN1C(=O)c3ccccc3C1=O)CS(=O)(=O)C2. The molecule has 2 aromatic carbocycles. The van der Waals surface area contributed by atoms with Gasteiger partial charge in [-0.05, 0) is 30.7 Å². The molecule has 9 nitrogen and oxygen atoms in total. The van der Waals surface area contributed by atoms with E-state index in [1.807, 2.05) is 31.2 Å². The number of carbonyl (C=O) groups is 3. The fourth-order valence-corrected chi connectivity index (χ4v) is 5.69. The van der Waals surface area contributed by atoms with Gasteiger partial charge in [-0.25, -0.2) is 13.1 Å². The lowest BCUT2D eigenvalue weighted by Gasteiger charge is -2.15. The third kappa shape index (κ3) is 3.62. The summed E-state index contributed by atoms with van der Waals surface area (Å²) in [5.74, 6) is -1.40. The lowest BCUT2D eigenvalue weighted by atomic mass is 10.1. The number of rotatable bonds is 5. The van der Waals surface area contributed by atoms with Gasteiger partial charge in [0, 0.05) is 18.5 Å². The van der Waals surface area contributed by atoms with Gasteiger partial charge < -0.3 is 5.32 Å². The molecule has 1 aromatic heterocycles. The molecule has 0 atom stereocenters. The predicted molar refractivity (Wildman–Crippen MR) is 120 cm³/mol. The van der Waals surface area contributed by atoms with Gasteiger partial charge in [-0.2, -0.15) is 5.10 Å². The lowest BCUT2D eigenvalue weighted by Crippen LogP contribution is -2.33. The van der Waals surface area contributed by atoms with Crippen LogP contribution in [0.4, 0.5) is 5.82 Å². The van der Waals surface area contributed by atoms with Gasteiger partial charge in [0.15, 0.2) is 9.84 Å². The van der Waals surface area contributed by atoms with Crippen molar-refractivity contribution >= 4 is 33.4 Å². The van der Waals surface area contributed by atoms with Crippen LogP contribution in [0.15, 0.2) is 48.5 Å². The summed E-state index contributed by atoms with van der Waals surface area (Å²) >= 11 is 0. The second kappa shape index (κ2) is 7.66. The third-order valence-corrected chi connectivity index (χ3v) is 7.27. The highest BCUT2D eigenvalue weighted by atomic mass is 32.2. The smallest absolute Gasteiger partial charge is 0.261 e. The maximum absolute atomic E-state index is 12.8. The van der Waals surface area contributed by atoms with Crippen LogP contribution in [0.1, 0.15) is 44.0 Å². The van der Waals surface area contributed by atoms with Crippen LogP contribution in [0.2, 0.25) is 0 Å². The Morgan fingerprint density at radius 2 is 1.64 bits per heavy atom. The number of aryl methyl sites for hydroxylation is 1. The van der Waals surface area contributed by atoms with Crippen LogP contribution in [-0.2, 0) is 26.1 Å². The van der Waals surface area contributed by atoms with Crippen LogP contribution in [0.25, 0.3) is 5.69 Å². The molecule has 168 valence electrons. The molecule has 3 heterocycles. The largest absolute Gasteiger partial charge is 0.310 e. The van der Waals surface area contributed by atoms with E-state index in [1.54, 1.807) is 28.9 Å². The molecule has 1 N–H and O–H groups in total. The van der Waals surface area contributed by atoms with Crippen LogP contribution in [0, 0.1) is 6.92 Å². The van der Waals surface area contributed by atoms with Crippen molar-refractivity contribution in [1.82, 2.24) is 14.7 Å². The van der Waals surface area contributed by atoms with E-state index < -0.39 is 27.6 Å². The summed E-state index contributed by atoms with van der Waals surface area (Å²) in [4.78, 5) is 38.9. The number of aromatic nitrogens is 2. The molecule has 0 spiro atoms. The highest BCUT2D eigenvalue weighted by Gasteiger charge is 2.36. The molecule has 33 heavy (non-hydrogen) atoms. The third-order valence-electron chi connectivity index (χ3n) is 5.83. The maximum Gasteiger partial charge on any atom is 0.261 e. The number of imide groups is 1. The van der Waals surface area contributed by atoms with Gasteiger partial charge in [0.2, 0.25) is 5.91 Å². The highest BCUT2D eigenvalue weighted by molar-refractivity contribution is 7.90. The van der Waals surface area contributed by atoms with Crippen LogP contribution in [0.3, 0.4) is 0 Å². The Labute approximate surface area is 189 Å². The fraction of sp³-hybridized carbons (Fsp3) is 0.217. The monoisotopic (exact) mass is 464 g/mol. The van der Waals surface area contributed by atoms with Crippen LogP contribution >= 0.6 is 0 Å². The summed E-state index contributed by atoms with van der Waals surface area (Å²) in [5, 5.41) is 7.24. The number of fused-ring (bicyclic) bond motifs is 2. The number of hydrogen-bond acceptors (Lipinski definition) is 6. The molecule has 0 bridgehead atoms. The number of nitrogens with one attached hydrogen (secondary N) is 1. The Hall–Kier alpha value is -3.79. The van der Waals surface area contributed by atoms with Gasteiger partial charge in [0.25, 0.3) is 11.8 Å². The van der Waals surface area contributed by atoms with Crippen molar-refractivity contribution in [2.45, 2.75) is 24.9 Å². The van der Waals surface area contributed by atoms with Gasteiger partial charge in [0.05, 0.1) is 34.0 Å². The van der Waals surface area contributed by atoms with Crippen molar-refractivity contribution < 1.29 is 22.8 Å². The van der Waals surface area contributed by atoms with E-state index in [2.05, 4.69) is 10.4 Å². The molecule has 3 aromatic rings. The summed E-state index contributed by atoms with van der Waals surface area (Å²) in [5.41, 5.74) is 3.15. The number of hydrogen-bond donors (Lipinski definition) is 1. The Morgan fingerprint density at radius 3 is 2.30 bits per heavy atom. The number of nitrogens with zero attached hydrogens (tertiary/aromatic N) is 3. The van der Waals surface area contributed by atoms with E-state index in [1.165, 1.54) is 0 Å². The number of sulfone groups is 1. The predicted octanol–water partition coefficient (Wildman–Crippen LogP) is 2.23. The highest BCUT2D eigenvalue weighted by Crippen LogP contribution is 2.33. The minimum Gasteiger partial charge on any atom is -0.310 e. The zero-order valence-electron chi connectivity index (χ0n) is 17.7. The fourth-order valence-electron chi connectivity index (χ4n) is 4.20. The normalized spacial score (nSPS) is 16.1. The van der Waals surface area contributed by atoms with Crippen molar-refractivity contribution in [3.63, 3.8) is 0 Å². The van der Waals surface area contributed by atoms with Crippen LogP contribution < -0.4 is 5.32 Å². The zero-order chi connectivity index (χ0) is 23.3. The topological polar surface area (TPSA) is 118 Å². The zero-order valence-corrected chi connectivity index (χ0v) is 18.6. The van der Waals surface area contributed by atoms with E-state index in [0.29, 0.717) is 28.2 Å². The molecule has 2 aliphatic heterocycles. The van der Waals surface area contributed by atoms with Crippen LogP contribution in [-0.4, -0.2) is 47.4 Å². The number of anilines is 1. The van der Waals surface area contributed by atoms with Crippen molar-refractivity contribution in [3.8, 4) is 5.69 Å². The summed E-state index contributed by atoms with van der Waals surface area (Å²) in [6.07, 6.45) is -0.133. The number of amides is 3. The summed E-state index contributed by atoms with van der Waals surface area (Å²) < 4.78 is 25.8. The standard InChI is InChI=1S/C23H20N4O5S/c1-14-6-2-5-9-19(14)27-21(17-12-33(31,32)13-18(17)25-27)24-20(28)10-11-26-22(29)15-7-3-4-8-16(15)23(26)30/h2-9H,10-13H2,1H3,(H,24,28). The molecule has 0 fully saturated rings. The van der Waals surface area contributed by atoms with E-state index in [9.17, 15) is 22.8 Å². The van der Waals surface area contributed by atoms with Crippen molar-refractivity contribution in [1.29, 1.82) is 0 Å². The van der Waals surface area contributed by atoms with Gasteiger partial charge in [-0.15, -0.1) is 0 Å². The Kier molecular flexibility index (Phi) is 4.89. The lowest BCUT2D eigenvalue weighted by molar-refractivity contribution is -0.116. The van der Waals surface area contributed by atoms with Gasteiger partial charge in [-0.3, -0.25) is 19.3 Å². The Bertz CT molecular complexity index is 1410. The first-order valence-electron chi connectivity index (χ1n) is 10.4. The second-order valence-electron chi connectivity index (χ2n) is 8.11. The second-order valence-corrected chi connectivity index (χ2v) is 10.2. The van der Waals surface area contributed by atoms with Gasteiger partial charge >= 0.3 is 0 Å². The molecule has 0 saturated carbocycles. The average molecular weight is 465 g/mol. The van der Waals surface area contributed by atoms with E-state index in [4.69, 9.17) is 0 Å². The quantitative estimate of drug-likeness (QED) is 0.579. The van der Waals surface area contributed by atoms with E-state index in [-0.39, 0.29) is 24.5 Å². The number of para-hydroxylation sites is 1. The number of benzene rings is 2. The minimum atomic E-state index is -3.32. The molecule has 5 rings (SSSR count). The average Bonchev–Trinajstić information content (AvgIpc) is 3.34. The first-order chi connectivity index (χ1) is 15.7. The van der Waals surface area contributed by atoms with Crippen molar-refractivity contribution in [2.75, 3.05) is 11.9 Å². The molecule has 0 unspecified atom stereocenters. The summed E-state index contributed by atoms with van der Waals surface area (Å²) in [6.45, 7) is 1.81. The molecule has 0 radical (unpaired) electrons. The van der Waals surface area contributed by atoms with E-state index in [0.717, 1.165) is 16.2 Å². The summed E-state index contributed by atoms with van der Waals surface area (Å²) in [7, 11) is -3.32. The summed E-state index contributed by atoms with van der Waals surface area (Å²) in [6, 6.07) is 14.0. The minimum absolute atomic E-state index is 0.0861. The van der Waals surface area contributed by atoms with Crippen molar-refractivity contribution in [2.24, 2.45) is 0 Å². The Morgan fingerprint density at radius 1 is 1.00 bits per heavy atom. The molecule has 2 aliphatic rings.